The third kappa shape index (κ3) is 2.67. The molecule has 1 saturated heterocycles. The first kappa shape index (κ1) is 13.4. The number of morpholine rings is 1. The Labute approximate surface area is 115 Å². The van der Waals surface area contributed by atoms with Gasteiger partial charge in [-0.15, -0.1) is 0 Å². The number of hydrogen-bond acceptors (Lipinski definition) is 3. The molecule has 0 aliphatic carbocycles. The smallest absolute Gasteiger partial charge is 0.258 e. The van der Waals surface area contributed by atoms with Crippen molar-refractivity contribution in [2.24, 2.45) is 0 Å². The summed E-state index contributed by atoms with van der Waals surface area (Å²) in [6, 6.07) is 5.49. The molecule has 1 heterocycles. The van der Waals surface area contributed by atoms with Gasteiger partial charge in [0.25, 0.3) is 5.91 Å². The number of carbonyl (C=O) groups is 1. The summed E-state index contributed by atoms with van der Waals surface area (Å²) in [6.45, 7) is 3.79. The molecule has 98 valence electrons. The van der Waals surface area contributed by atoms with Crippen LogP contribution in [0, 0.1) is 0 Å². The molecule has 1 aliphatic rings. The molecule has 0 radical (unpaired) electrons. The summed E-state index contributed by atoms with van der Waals surface area (Å²) in [5, 5.41) is 0. The molecule has 5 heteroatoms. The first-order valence-corrected chi connectivity index (χ1v) is 6.66. The Morgan fingerprint density at radius 3 is 3.00 bits per heavy atom. The van der Waals surface area contributed by atoms with E-state index in [4.69, 9.17) is 9.47 Å². The molecular weight excluding hydrogens is 298 g/mol. The van der Waals surface area contributed by atoms with Crippen LogP contribution < -0.4 is 4.74 Å². The average Bonchev–Trinajstić information content (AvgIpc) is 2.37. The van der Waals surface area contributed by atoms with Crippen molar-refractivity contribution in [2.75, 3.05) is 26.8 Å². The van der Waals surface area contributed by atoms with E-state index in [-0.39, 0.29) is 12.0 Å². The molecule has 1 atom stereocenters. The van der Waals surface area contributed by atoms with Gasteiger partial charge in [-0.05, 0) is 35.0 Å². The Balaban J connectivity index is 2.28. The molecule has 18 heavy (non-hydrogen) atoms. The van der Waals surface area contributed by atoms with E-state index in [0.717, 1.165) is 4.47 Å². The number of rotatable bonds is 2. The molecule has 0 saturated carbocycles. The van der Waals surface area contributed by atoms with E-state index in [1.807, 2.05) is 19.1 Å². The highest BCUT2D eigenvalue weighted by molar-refractivity contribution is 9.10. The zero-order valence-corrected chi connectivity index (χ0v) is 12.1. The average molecular weight is 314 g/mol. The second-order valence-corrected chi connectivity index (χ2v) is 5.10. The summed E-state index contributed by atoms with van der Waals surface area (Å²) in [4.78, 5) is 14.3. The maximum absolute atomic E-state index is 12.5. The van der Waals surface area contributed by atoms with Crippen LogP contribution >= 0.6 is 15.9 Å². The minimum absolute atomic E-state index is 0.0190. The van der Waals surface area contributed by atoms with Gasteiger partial charge in [0.2, 0.25) is 0 Å². The predicted octanol–water partition coefficient (Wildman–Crippen LogP) is 2.32. The van der Waals surface area contributed by atoms with Crippen LogP contribution in [0.1, 0.15) is 17.3 Å². The van der Waals surface area contributed by atoms with Gasteiger partial charge in [-0.1, -0.05) is 6.07 Å². The first-order valence-electron chi connectivity index (χ1n) is 5.87. The lowest BCUT2D eigenvalue weighted by molar-refractivity contribution is -0.0125. The van der Waals surface area contributed by atoms with E-state index in [9.17, 15) is 4.79 Å². The van der Waals surface area contributed by atoms with E-state index in [2.05, 4.69) is 15.9 Å². The quantitative estimate of drug-likeness (QED) is 0.841. The Kier molecular flexibility index (Phi) is 4.24. The number of halogens is 1. The van der Waals surface area contributed by atoms with Crippen molar-refractivity contribution >= 4 is 21.8 Å². The molecule has 1 fully saturated rings. The van der Waals surface area contributed by atoms with Crippen molar-refractivity contribution in [1.82, 2.24) is 4.90 Å². The largest absolute Gasteiger partial charge is 0.496 e. The van der Waals surface area contributed by atoms with Crippen LogP contribution in [0.4, 0.5) is 0 Å². The van der Waals surface area contributed by atoms with Crippen LogP contribution in [-0.2, 0) is 4.74 Å². The summed E-state index contributed by atoms with van der Waals surface area (Å²) in [7, 11) is 1.57. The van der Waals surface area contributed by atoms with Crippen molar-refractivity contribution < 1.29 is 14.3 Å². The van der Waals surface area contributed by atoms with Gasteiger partial charge < -0.3 is 14.4 Å². The zero-order chi connectivity index (χ0) is 13.1. The molecule has 0 aromatic heterocycles. The molecular formula is C13H16BrNO3. The molecule has 0 unspecified atom stereocenters. The van der Waals surface area contributed by atoms with Crippen LogP contribution in [0.3, 0.4) is 0 Å². The van der Waals surface area contributed by atoms with Crippen LogP contribution in [-0.4, -0.2) is 43.7 Å². The van der Waals surface area contributed by atoms with Crippen LogP contribution in [0.15, 0.2) is 22.7 Å². The van der Waals surface area contributed by atoms with Gasteiger partial charge in [0, 0.05) is 17.6 Å². The zero-order valence-electron chi connectivity index (χ0n) is 10.5. The van der Waals surface area contributed by atoms with Gasteiger partial charge >= 0.3 is 0 Å². The standard InChI is InChI=1S/C13H16BrNO3/c1-9-8-15(6-7-18-9)13(16)12-10(14)4-3-5-11(12)17-2/h3-5,9H,6-8H2,1-2H3/t9-/m1/s1. The lowest BCUT2D eigenvalue weighted by Crippen LogP contribution is -2.44. The van der Waals surface area contributed by atoms with Gasteiger partial charge in [0.05, 0.1) is 25.4 Å². The number of nitrogens with zero attached hydrogens (tertiary/aromatic N) is 1. The van der Waals surface area contributed by atoms with E-state index in [1.165, 1.54) is 0 Å². The van der Waals surface area contributed by atoms with Crippen LogP contribution in [0.5, 0.6) is 5.75 Å². The number of amides is 1. The monoisotopic (exact) mass is 313 g/mol. The van der Waals surface area contributed by atoms with Gasteiger partial charge in [-0.25, -0.2) is 0 Å². The maximum Gasteiger partial charge on any atom is 0.258 e. The summed E-state index contributed by atoms with van der Waals surface area (Å²) in [6.07, 6.45) is 0.0798. The normalized spacial score (nSPS) is 19.7. The molecule has 4 nitrogen and oxygen atoms in total. The lowest BCUT2D eigenvalue weighted by atomic mass is 10.1. The fourth-order valence-electron chi connectivity index (χ4n) is 2.04. The fraction of sp³-hybridized carbons (Fsp3) is 0.462. The third-order valence-electron chi connectivity index (χ3n) is 2.94. The summed E-state index contributed by atoms with van der Waals surface area (Å²) >= 11 is 3.41. The minimum atomic E-state index is -0.0190. The van der Waals surface area contributed by atoms with Crippen LogP contribution in [0.25, 0.3) is 0 Å². The Hall–Kier alpha value is -1.07. The van der Waals surface area contributed by atoms with Gasteiger partial charge in [0.15, 0.2) is 0 Å². The van der Waals surface area contributed by atoms with E-state index >= 15 is 0 Å². The molecule has 0 bridgehead atoms. The maximum atomic E-state index is 12.5. The highest BCUT2D eigenvalue weighted by atomic mass is 79.9. The summed E-state index contributed by atoms with van der Waals surface area (Å²) in [5.41, 5.74) is 0.578. The second-order valence-electron chi connectivity index (χ2n) is 4.25. The third-order valence-corrected chi connectivity index (χ3v) is 3.60. The van der Waals surface area contributed by atoms with Gasteiger partial charge in [-0.3, -0.25) is 4.79 Å². The fourth-order valence-corrected chi connectivity index (χ4v) is 2.56. The number of benzene rings is 1. The van der Waals surface area contributed by atoms with Crippen molar-refractivity contribution in [3.63, 3.8) is 0 Å². The van der Waals surface area contributed by atoms with Crippen LogP contribution in [0.2, 0.25) is 0 Å². The molecule has 1 aromatic carbocycles. The first-order chi connectivity index (χ1) is 8.63. The number of hydrogen-bond donors (Lipinski definition) is 0. The van der Waals surface area contributed by atoms with Gasteiger partial charge in [0.1, 0.15) is 5.75 Å². The number of carbonyl (C=O) groups excluding carboxylic acids is 1. The topological polar surface area (TPSA) is 38.8 Å². The lowest BCUT2D eigenvalue weighted by Gasteiger charge is -2.31. The highest BCUT2D eigenvalue weighted by Gasteiger charge is 2.26. The molecule has 1 aromatic rings. The van der Waals surface area contributed by atoms with E-state index in [0.29, 0.717) is 31.0 Å². The molecule has 2 rings (SSSR count). The number of ether oxygens (including phenoxy) is 2. The molecule has 0 N–H and O–H groups in total. The van der Waals surface area contributed by atoms with E-state index < -0.39 is 0 Å². The summed E-state index contributed by atoms with van der Waals surface area (Å²) in [5.74, 6) is 0.572. The van der Waals surface area contributed by atoms with Crippen molar-refractivity contribution in [2.45, 2.75) is 13.0 Å². The van der Waals surface area contributed by atoms with Crippen molar-refractivity contribution in [3.8, 4) is 5.75 Å². The number of methoxy groups -OCH3 is 1. The minimum Gasteiger partial charge on any atom is -0.496 e. The summed E-state index contributed by atoms with van der Waals surface area (Å²) < 4.78 is 11.5. The molecule has 1 aliphatic heterocycles. The predicted molar refractivity (Wildman–Crippen MR) is 72.0 cm³/mol. The van der Waals surface area contributed by atoms with Gasteiger partial charge in [-0.2, -0.15) is 0 Å². The SMILES string of the molecule is COc1cccc(Br)c1C(=O)N1CCO[C@H](C)C1. The molecule has 1 amide bonds. The molecule has 0 spiro atoms. The van der Waals surface area contributed by atoms with E-state index in [1.54, 1.807) is 18.1 Å². The Morgan fingerprint density at radius 2 is 2.33 bits per heavy atom. The Morgan fingerprint density at radius 1 is 1.56 bits per heavy atom. The van der Waals surface area contributed by atoms with Crippen molar-refractivity contribution in [3.05, 3.63) is 28.2 Å². The Bertz CT molecular complexity index is 450. The second kappa shape index (κ2) is 5.71. The highest BCUT2D eigenvalue weighted by Crippen LogP contribution is 2.28. The van der Waals surface area contributed by atoms with Crippen molar-refractivity contribution in [1.29, 1.82) is 0 Å².